The summed E-state index contributed by atoms with van der Waals surface area (Å²) in [6.07, 6.45) is -17.4. The molecule has 18 heteroatoms. The third kappa shape index (κ3) is 5.75. The summed E-state index contributed by atoms with van der Waals surface area (Å²) in [6, 6.07) is 4.07. The van der Waals surface area contributed by atoms with Crippen molar-refractivity contribution in [1.29, 1.82) is 0 Å². The molecule has 11 N–H and O–H groups in total. The van der Waals surface area contributed by atoms with E-state index in [1.54, 1.807) is 0 Å². The highest BCUT2D eigenvalue weighted by molar-refractivity contribution is 5.93. The van der Waals surface area contributed by atoms with Crippen molar-refractivity contribution in [2.45, 2.75) is 61.4 Å². The van der Waals surface area contributed by atoms with Gasteiger partial charge in [-0.05, 0) is 18.2 Å². The number of aliphatic hydroxyl groups is 8. The Morgan fingerprint density at radius 3 is 1.78 bits per heavy atom. The molecule has 46 heavy (non-hydrogen) atoms. The Morgan fingerprint density at radius 1 is 0.696 bits per heavy atom. The molecule has 10 atom stereocenters. The number of phenolic OH excluding ortho intramolecular Hbond substituents is 3. The van der Waals surface area contributed by atoms with Gasteiger partial charge in [0.2, 0.25) is 29.5 Å². The highest BCUT2D eigenvalue weighted by Crippen LogP contribution is 2.45. The van der Waals surface area contributed by atoms with E-state index in [1.807, 2.05) is 0 Å². The lowest BCUT2D eigenvalue weighted by Crippen LogP contribution is -2.60. The van der Waals surface area contributed by atoms with Crippen LogP contribution in [0.15, 0.2) is 33.5 Å². The van der Waals surface area contributed by atoms with E-state index in [1.165, 1.54) is 6.07 Å². The molecule has 3 heterocycles. The number of rotatable bonds is 8. The van der Waals surface area contributed by atoms with E-state index in [2.05, 4.69) is 0 Å². The van der Waals surface area contributed by atoms with Gasteiger partial charge in [-0.2, -0.15) is 0 Å². The van der Waals surface area contributed by atoms with Crippen LogP contribution in [-0.2, 0) is 9.47 Å². The molecule has 5 rings (SSSR count). The maximum Gasteiger partial charge on any atom is 0.239 e. The number of hydrogen-bond donors (Lipinski definition) is 11. The van der Waals surface area contributed by atoms with Crippen molar-refractivity contribution >= 4 is 11.0 Å². The minimum absolute atomic E-state index is 0.115. The summed E-state index contributed by atoms with van der Waals surface area (Å²) >= 11 is 0. The Kier molecular flexibility index (Phi) is 9.47. The van der Waals surface area contributed by atoms with Gasteiger partial charge < -0.3 is 84.3 Å². The molecule has 0 amide bonds. The zero-order valence-corrected chi connectivity index (χ0v) is 23.8. The lowest BCUT2D eigenvalue weighted by atomic mass is 9.99. The van der Waals surface area contributed by atoms with Crippen LogP contribution in [-0.4, -0.2) is 138 Å². The second-order valence-electron chi connectivity index (χ2n) is 10.6. The number of fused-ring (bicyclic) bond motifs is 1. The minimum Gasteiger partial charge on any atom is -0.507 e. The first-order valence-electron chi connectivity index (χ1n) is 13.7. The molecule has 0 bridgehead atoms. The second kappa shape index (κ2) is 13.0. The molecule has 0 saturated carbocycles. The molecule has 18 nitrogen and oxygen atoms in total. The normalized spacial score (nSPS) is 31.5. The molecular weight excluding hydrogens is 624 g/mol. The van der Waals surface area contributed by atoms with Crippen LogP contribution in [0.4, 0.5) is 0 Å². The van der Waals surface area contributed by atoms with Crippen LogP contribution in [0, 0.1) is 0 Å². The van der Waals surface area contributed by atoms with E-state index in [9.17, 15) is 61.0 Å². The van der Waals surface area contributed by atoms with Crippen molar-refractivity contribution in [1.82, 2.24) is 0 Å². The van der Waals surface area contributed by atoms with E-state index in [-0.39, 0.29) is 11.3 Å². The molecule has 0 unspecified atom stereocenters. The first-order chi connectivity index (χ1) is 21.8. The van der Waals surface area contributed by atoms with Gasteiger partial charge in [0, 0.05) is 11.6 Å². The van der Waals surface area contributed by atoms with Crippen LogP contribution in [0.25, 0.3) is 22.3 Å². The van der Waals surface area contributed by atoms with Crippen molar-refractivity contribution in [3.05, 3.63) is 34.5 Å². The van der Waals surface area contributed by atoms with Gasteiger partial charge in [0.05, 0.1) is 20.3 Å². The number of aromatic hydroxyl groups is 3. The Morgan fingerprint density at radius 2 is 1.26 bits per heavy atom. The van der Waals surface area contributed by atoms with Crippen LogP contribution < -0.4 is 19.6 Å². The molecule has 252 valence electrons. The van der Waals surface area contributed by atoms with E-state index in [4.69, 9.17) is 28.1 Å². The van der Waals surface area contributed by atoms with Gasteiger partial charge in [0.25, 0.3) is 0 Å². The van der Waals surface area contributed by atoms with E-state index >= 15 is 0 Å². The van der Waals surface area contributed by atoms with E-state index in [0.29, 0.717) is 0 Å². The summed E-state index contributed by atoms with van der Waals surface area (Å²) in [5.41, 5.74) is -1.75. The highest BCUT2D eigenvalue weighted by Gasteiger charge is 2.47. The summed E-state index contributed by atoms with van der Waals surface area (Å²) in [5.74, 6) is -4.09. The summed E-state index contributed by atoms with van der Waals surface area (Å²) in [4.78, 5) is 14.0. The fourth-order valence-electron chi connectivity index (χ4n) is 5.10. The average molecular weight is 657 g/mol. The van der Waals surface area contributed by atoms with Crippen LogP contribution in [0.5, 0.6) is 34.5 Å². The zero-order valence-electron chi connectivity index (χ0n) is 23.8. The Labute approximate surface area is 257 Å². The van der Waals surface area contributed by atoms with Crippen LogP contribution in [0.1, 0.15) is 0 Å². The summed E-state index contributed by atoms with van der Waals surface area (Å²) in [5, 5.41) is 111. The zero-order chi connectivity index (χ0) is 33.6. The monoisotopic (exact) mass is 656 g/mol. The summed E-state index contributed by atoms with van der Waals surface area (Å²) in [7, 11) is 1.12. The summed E-state index contributed by atoms with van der Waals surface area (Å²) < 4.78 is 33.3. The first kappa shape index (κ1) is 33.4. The molecule has 0 spiro atoms. The van der Waals surface area contributed by atoms with Crippen molar-refractivity contribution in [2.24, 2.45) is 0 Å². The van der Waals surface area contributed by atoms with E-state index < -0.39 is 126 Å². The molecule has 0 radical (unpaired) electrons. The number of methoxy groups -OCH3 is 1. The van der Waals surface area contributed by atoms with Crippen LogP contribution in [0.2, 0.25) is 0 Å². The molecule has 2 aromatic carbocycles. The standard InChI is InChI=1S/C28H32O18/c1-41-24-12(42-27-21(39)19(37)16(34)13(6-29)43-27)5-11(33)15-18(36)26(46-28-22(40)20(38)17(35)14(7-30)44-28)23(45-25(15)24)8-2-3-9(31)10(32)4-8/h2-5,13-14,16-17,19-22,27-35,37-40H,6-7H2,1H3/t13-,14-,16-,17-,19+,20+,21-,22-,27-,28+/m1/s1. The SMILES string of the molecule is COc1c(O[C@@H]2O[C@H](CO)[C@@H](O)[C@H](O)[C@H]2O)cc(O)c2c(=O)c(O[C@@H]3O[C@H](CO)[C@@H](O)[C@H](O)[C@H]3O)c(-c3ccc(O)c(O)c3)oc12. The number of aliphatic hydroxyl groups excluding tert-OH is 8. The third-order valence-electron chi connectivity index (χ3n) is 7.64. The lowest BCUT2D eigenvalue weighted by Gasteiger charge is -2.39. The van der Waals surface area contributed by atoms with Gasteiger partial charge in [0.15, 0.2) is 28.6 Å². The van der Waals surface area contributed by atoms with Gasteiger partial charge in [0.1, 0.15) is 60.0 Å². The number of benzene rings is 2. The predicted molar refractivity (Wildman–Crippen MR) is 148 cm³/mol. The molecule has 2 saturated heterocycles. The largest absolute Gasteiger partial charge is 0.507 e. The molecule has 2 aliphatic heterocycles. The van der Waals surface area contributed by atoms with Crippen LogP contribution >= 0.6 is 0 Å². The molecular formula is C28H32O18. The fourth-order valence-corrected chi connectivity index (χ4v) is 5.10. The second-order valence-corrected chi connectivity index (χ2v) is 10.6. The van der Waals surface area contributed by atoms with Gasteiger partial charge in [-0.25, -0.2) is 0 Å². The van der Waals surface area contributed by atoms with Gasteiger partial charge in [-0.15, -0.1) is 0 Å². The Bertz CT molecular complexity index is 1620. The minimum atomic E-state index is -1.97. The van der Waals surface area contributed by atoms with E-state index in [0.717, 1.165) is 25.3 Å². The molecule has 2 fully saturated rings. The number of hydrogen-bond acceptors (Lipinski definition) is 18. The quantitative estimate of drug-likeness (QED) is 0.107. The first-order valence-corrected chi connectivity index (χ1v) is 13.7. The van der Waals surface area contributed by atoms with Crippen molar-refractivity contribution in [3.8, 4) is 45.8 Å². The molecule has 2 aliphatic rings. The lowest BCUT2D eigenvalue weighted by molar-refractivity contribution is -0.277. The maximum absolute atomic E-state index is 14.0. The molecule has 3 aromatic rings. The molecule has 0 aliphatic carbocycles. The highest BCUT2D eigenvalue weighted by atomic mass is 16.7. The third-order valence-corrected chi connectivity index (χ3v) is 7.64. The Balaban J connectivity index is 1.67. The van der Waals surface area contributed by atoms with Gasteiger partial charge >= 0.3 is 0 Å². The van der Waals surface area contributed by atoms with Crippen molar-refractivity contribution in [2.75, 3.05) is 20.3 Å². The van der Waals surface area contributed by atoms with Crippen molar-refractivity contribution < 1.29 is 84.3 Å². The fraction of sp³-hybridized carbons (Fsp3) is 0.464. The molecule has 1 aromatic heterocycles. The number of ether oxygens (including phenoxy) is 5. The Hall–Kier alpha value is -3.95. The predicted octanol–water partition coefficient (Wildman–Crippen LogP) is -3.06. The number of phenols is 3. The smallest absolute Gasteiger partial charge is 0.239 e. The van der Waals surface area contributed by atoms with Crippen LogP contribution in [0.3, 0.4) is 0 Å². The maximum atomic E-state index is 14.0. The van der Waals surface area contributed by atoms with Gasteiger partial charge in [-0.3, -0.25) is 4.79 Å². The average Bonchev–Trinajstić information content (AvgIpc) is 3.03. The van der Waals surface area contributed by atoms with Gasteiger partial charge in [-0.1, -0.05) is 0 Å². The van der Waals surface area contributed by atoms with Crippen molar-refractivity contribution in [3.63, 3.8) is 0 Å². The topological polar surface area (TPSA) is 299 Å². The summed E-state index contributed by atoms with van der Waals surface area (Å²) in [6.45, 7) is -1.58.